The number of ether oxygens (including phenoxy) is 2. The van der Waals surface area contributed by atoms with E-state index in [-0.39, 0.29) is 34.7 Å². The van der Waals surface area contributed by atoms with E-state index in [1.165, 1.54) is 6.20 Å². The molecule has 3 aromatic rings. The average molecular weight is 470 g/mol. The first-order valence-corrected chi connectivity index (χ1v) is 10.7. The molecule has 0 spiro atoms. The molecule has 166 valence electrons. The number of halogens is 2. The number of aryl methyl sites for hydroxylation is 1. The molecule has 1 fully saturated rings. The van der Waals surface area contributed by atoms with Crippen LogP contribution in [-0.4, -0.2) is 54.3 Å². The predicted molar refractivity (Wildman–Crippen MR) is 113 cm³/mol. The van der Waals surface area contributed by atoms with E-state index < -0.39 is 4.92 Å². The fraction of sp³-hybridized carbons (Fsp3) is 0.556. The monoisotopic (exact) mass is 469 g/mol. The lowest BCUT2D eigenvalue weighted by molar-refractivity contribution is -0.386. The molecule has 0 amide bonds. The first-order chi connectivity index (χ1) is 15.0. The van der Waals surface area contributed by atoms with Gasteiger partial charge in [-0.1, -0.05) is 11.6 Å². The van der Waals surface area contributed by atoms with Crippen LogP contribution in [0.3, 0.4) is 0 Å². The number of nitrogens with zero attached hydrogens (tertiary/aromatic N) is 7. The number of fused-ring (bicyclic) bond motifs is 1. The first-order valence-electron chi connectivity index (χ1n) is 9.94. The quantitative estimate of drug-likeness (QED) is 0.221. The van der Waals surface area contributed by atoms with Crippen LogP contribution < -0.4 is 4.74 Å². The lowest BCUT2D eigenvalue weighted by Crippen LogP contribution is -2.16. The minimum Gasteiger partial charge on any atom is -0.472 e. The Kier molecular flexibility index (Phi) is 6.54. The molecular formula is C18H21Cl2N7O4. The van der Waals surface area contributed by atoms with Gasteiger partial charge in [0.25, 0.3) is 0 Å². The molecule has 0 radical (unpaired) electrons. The molecule has 0 aromatic carbocycles. The number of rotatable bonds is 7. The van der Waals surface area contributed by atoms with Crippen molar-refractivity contribution in [3.63, 3.8) is 0 Å². The van der Waals surface area contributed by atoms with E-state index in [1.807, 2.05) is 0 Å². The zero-order valence-electron chi connectivity index (χ0n) is 16.8. The highest BCUT2D eigenvalue weighted by Crippen LogP contribution is 2.33. The molecule has 0 saturated carbocycles. The van der Waals surface area contributed by atoms with Crippen molar-refractivity contribution < 1.29 is 14.4 Å². The van der Waals surface area contributed by atoms with Crippen LogP contribution in [0.15, 0.2) is 6.20 Å². The fourth-order valence-corrected chi connectivity index (χ4v) is 4.02. The standard InChI is InChI=1S/C18H21Cl2N7O4/c1-11-14(27(28)29)17(24-26(11)12-5-2-3-7-30-10-12)31-8-4-6-25-16-13(15(19)23-25)9-21-18(20)22-16/h9,12H,2-8,10H2,1H3. The number of hydrogen-bond donors (Lipinski definition) is 0. The van der Waals surface area contributed by atoms with Gasteiger partial charge >= 0.3 is 11.6 Å². The molecule has 11 nitrogen and oxygen atoms in total. The molecule has 0 aliphatic carbocycles. The Morgan fingerprint density at radius 1 is 1.35 bits per heavy atom. The van der Waals surface area contributed by atoms with Gasteiger partial charge in [0, 0.05) is 25.8 Å². The van der Waals surface area contributed by atoms with Crippen LogP contribution in [0.1, 0.15) is 37.4 Å². The predicted octanol–water partition coefficient (Wildman–Crippen LogP) is 3.76. The molecule has 1 aliphatic heterocycles. The minimum absolute atomic E-state index is 0.0143. The molecule has 13 heteroatoms. The molecule has 1 aliphatic rings. The van der Waals surface area contributed by atoms with Crippen LogP contribution in [-0.2, 0) is 11.3 Å². The lowest BCUT2D eigenvalue weighted by Gasteiger charge is -2.15. The maximum Gasteiger partial charge on any atom is 0.352 e. The van der Waals surface area contributed by atoms with Crippen LogP contribution in [0.2, 0.25) is 10.4 Å². The molecule has 4 heterocycles. The van der Waals surface area contributed by atoms with Crippen molar-refractivity contribution in [2.24, 2.45) is 0 Å². The number of nitro groups is 1. The van der Waals surface area contributed by atoms with Gasteiger partial charge < -0.3 is 9.47 Å². The second-order valence-corrected chi connectivity index (χ2v) is 7.95. The zero-order valence-corrected chi connectivity index (χ0v) is 18.3. The molecule has 4 rings (SSSR count). The van der Waals surface area contributed by atoms with Crippen molar-refractivity contribution in [1.29, 1.82) is 0 Å². The summed E-state index contributed by atoms with van der Waals surface area (Å²) in [6.45, 7) is 3.50. The van der Waals surface area contributed by atoms with Gasteiger partial charge in [-0.25, -0.2) is 9.67 Å². The summed E-state index contributed by atoms with van der Waals surface area (Å²) in [4.78, 5) is 19.2. The van der Waals surface area contributed by atoms with Crippen LogP contribution in [0, 0.1) is 17.0 Å². The van der Waals surface area contributed by atoms with Gasteiger partial charge in [0.05, 0.1) is 29.6 Å². The van der Waals surface area contributed by atoms with E-state index in [0.29, 0.717) is 42.9 Å². The van der Waals surface area contributed by atoms with E-state index in [9.17, 15) is 10.1 Å². The fourth-order valence-electron chi connectivity index (χ4n) is 3.67. The topological polar surface area (TPSA) is 123 Å². The normalized spacial score (nSPS) is 17.1. The van der Waals surface area contributed by atoms with Crippen molar-refractivity contribution in [1.82, 2.24) is 29.5 Å². The smallest absolute Gasteiger partial charge is 0.352 e. The van der Waals surface area contributed by atoms with Crippen LogP contribution in [0.25, 0.3) is 11.0 Å². The van der Waals surface area contributed by atoms with Crippen molar-refractivity contribution in [3.8, 4) is 5.88 Å². The summed E-state index contributed by atoms with van der Waals surface area (Å²) in [6, 6.07) is -0.0411. The van der Waals surface area contributed by atoms with E-state index >= 15 is 0 Å². The summed E-state index contributed by atoms with van der Waals surface area (Å²) in [5, 5.41) is 21.2. The molecule has 31 heavy (non-hydrogen) atoms. The van der Waals surface area contributed by atoms with Crippen LogP contribution in [0.4, 0.5) is 5.69 Å². The Morgan fingerprint density at radius 3 is 3.00 bits per heavy atom. The minimum atomic E-state index is -0.453. The van der Waals surface area contributed by atoms with Gasteiger partial charge in [0.1, 0.15) is 5.69 Å². The summed E-state index contributed by atoms with van der Waals surface area (Å²) in [5.41, 5.74) is 0.868. The zero-order chi connectivity index (χ0) is 22.0. The van der Waals surface area contributed by atoms with Crippen LogP contribution >= 0.6 is 23.2 Å². The highest BCUT2D eigenvalue weighted by Gasteiger charge is 2.30. The second-order valence-electron chi connectivity index (χ2n) is 7.26. The van der Waals surface area contributed by atoms with E-state index in [4.69, 9.17) is 32.7 Å². The van der Waals surface area contributed by atoms with E-state index in [1.54, 1.807) is 16.3 Å². The Balaban J connectivity index is 1.45. The number of aromatic nitrogens is 6. The van der Waals surface area contributed by atoms with E-state index in [2.05, 4.69) is 20.2 Å². The summed E-state index contributed by atoms with van der Waals surface area (Å²) in [7, 11) is 0. The third kappa shape index (κ3) is 4.58. The van der Waals surface area contributed by atoms with Crippen LogP contribution in [0.5, 0.6) is 5.88 Å². The van der Waals surface area contributed by atoms with Gasteiger partial charge in [-0.05, 0) is 37.8 Å². The molecule has 3 aromatic heterocycles. The Hall–Kier alpha value is -2.50. The Bertz CT molecular complexity index is 1090. The van der Waals surface area contributed by atoms with Crippen molar-refractivity contribution in [2.45, 2.75) is 45.2 Å². The maximum atomic E-state index is 11.6. The molecule has 0 bridgehead atoms. The molecule has 1 unspecified atom stereocenters. The molecule has 0 N–H and O–H groups in total. The van der Waals surface area contributed by atoms with Gasteiger partial charge in [0.2, 0.25) is 5.28 Å². The third-order valence-corrected chi connectivity index (χ3v) is 5.63. The Morgan fingerprint density at radius 2 is 2.19 bits per heavy atom. The highest BCUT2D eigenvalue weighted by molar-refractivity contribution is 6.34. The third-order valence-electron chi connectivity index (χ3n) is 5.17. The summed E-state index contributed by atoms with van der Waals surface area (Å²) < 4.78 is 14.6. The van der Waals surface area contributed by atoms with Crippen molar-refractivity contribution in [2.75, 3.05) is 19.8 Å². The maximum absolute atomic E-state index is 11.6. The highest BCUT2D eigenvalue weighted by atomic mass is 35.5. The van der Waals surface area contributed by atoms with Gasteiger partial charge in [-0.2, -0.15) is 10.1 Å². The summed E-state index contributed by atoms with van der Waals surface area (Å²) in [6.07, 6.45) is 4.84. The largest absolute Gasteiger partial charge is 0.472 e. The van der Waals surface area contributed by atoms with Gasteiger partial charge in [0.15, 0.2) is 10.8 Å². The van der Waals surface area contributed by atoms with Crippen molar-refractivity contribution >= 4 is 39.9 Å². The van der Waals surface area contributed by atoms with Crippen molar-refractivity contribution in [3.05, 3.63) is 32.4 Å². The van der Waals surface area contributed by atoms with Gasteiger partial charge in [-0.3, -0.25) is 14.8 Å². The second kappa shape index (κ2) is 9.33. The Labute approximate surface area is 187 Å². The molecule has 1 atom stereocenters. The first kappa shape index (κ1) is 21.7. The average Bonchev–Trinajstić information content (AvgIpc) is 3.07. The number of hydrogen-bond acceptors (Lipinski definition) is 8. The summed E-state index contributed by atoms with van der Waals surface area (Å²) in [5.74, 6) is 0.0143. The van der Waals surface area contributed by atoms with E-state index in [0.717, 1.165) is 19.3 Å². The lowest BCUT2D eigenvalue weighted by atomic mass is 10.1. The van der Waals surface area contributed by atoms with Gasteiger partial charge in [-0.15, -0.1) is 5.10 Å². The summed E-state index contributed by atoms with van der Waals surface area (Å²) >= 11 is 12.0. The SMILES string of the molecule is Cc1c([N+](=O)[O-])c(OCCCn2nc(Cl)c3cnc(Cl)nc32)nn1C1CCCCOC1. The molecule has 1 saturated heterocycles. The molecular weight excluding hydrogens is 449 g/mol.